The van der Waals surface area contributed by atoms with Crippen LogP contribution >= 0.6 is 0 Å². The number of pyridine rings is 1. The number of rotatable bonds is 6. The maximum Gasteiger partial charge on any atom is 0.267 e. The van der Waals surface area contributed by atoms with Gasteiger partial charge in [0, 0.05) is 18.9 Å². The van der Waals surface area contributed by atoms with Crippen LogP contribution in [0.15, 0.2) is 48.8 Å². The number of aromatic nitrogens is 1. The van der Waals surface area contributed by atoms with Crippen molar-refractivity contribution in [2.45, 2.75) is 50.3 Å². The van der Waals surface area contributed by atoms with Gasteiger partial charge in [-0.1, -0.05) is 19.3 Å². The predicted molar refractivity (Wildman–Crippen MR) is 104 cm³/mol. The number of carbonyl (C=O) groups excluding carboxylic acids is 2. The number of carbonyl (C=O) groups is 2. The van der Waals surface area contributed by atoms with Crippen LogP contribution in [0.1, 0.15) is 37.7 Å². The van der Waals surface area contributed by atoms with E-state index in [-0.39, 0.29) is 24.2 Å². The Labute approximate surface area is 169 Å². The van der Waals surface area contributed by atoms with Crippen molar-refractivity contribution in [2.75, 3.05) is 6.54 Å². The lowest BCUT2D eigenvalue weighted by Crippen LogP contribution is -2.77. The number of nitrogens with one attached hydrogen (secondary N) is 1. The lowest BCUT2D eigenvalue weighted by molar-refractivity contribution is -0.187. The molecule has 1 saturated carbocycles. The Balaban J connectivity index is 1.43. The SMILES string of the molecule is O=C(CN1C(=O)C(Oc2ccc(F)cc2)C12CCCCC2)NCc1ccncc1. The molecule has 7 heteroatoms. The van der Waals surface area contributed by atoms with Crippen LogP contribution in [0.3, 0.4) is 0 Å². The van der Waals surface area contributed by atoms with Crippen molar-refractivity contribution in [1.82, 2.24) is 15.2 Å². The Morgan fingerprint density at radius 1 is 1.14 bits per heavy atom. The van der Waals surface area contributed by atoms with Crippen LogP contribution in [0.25, 0.3) is 0 Å². The molecule has 29 heavy (non-hydrogen) atoms. The van der Waals surface area contributed by atoms with Gasteiger partial charge in [-0.25, -0.2) is 4.39 Å². The Bertz CT molecular complexity index is 867. The highest BCUT2D eigenvalue weighted by Gasteiger charge is 2.62. The van der Waals surface area contributed by atoms with E-state index in [1.807, 2.05) is 12.1 Å². The molecule has 1 spiro atoms. The monoisotopic (exact) mass is 397 g/mol. The minimum atomic E-state index is -0.624. The van der Waals surface area contributed by atoms with Gasteiger partial charge in [0.2, 0.25) is 5.91 Å². The summed E-state index contributed by atoms with van der Waals surface area (Å²) in [5.74, 6) is -0.260. The molecular weight excluding hydrogens is 373 g/mol. The molecule has 1 aromatic heterocycles. The standard InChI is InChI=1S/C22H24FN3O3/c23-17-4-6-18(7-5-17)29-20-21(28)26(22(20)10-2-1-3-11-22)15-19(27)25-14-16-8-12-24-13-9-16/h4-9,12-13,20H,1-3,10-11,14-15H2,(H,25,27). The molecule has 1 unspecified atom stereocenters. The lowest BCUT2D eigenvalue weighted by atomic mass is 9.70. The number of β-lactam (4-membered cyclic amide) rings is 1. The topological polar surface area (TPSA) is 71.5 Å². The average Bonchev–Trinajstić information content (AvgIpc) is 2.77. The van der Waals surface area contributed by atoms with E-state index in [4.69, 9.17) is 4.74 Å². The largest absolute Gasteiger partial charge is 0.478 e. The van der Waals surface area contributed by atoms with Crippen molar-refractivity contribution in [2.24, 2.45) is 0 Å². The Hall–Kier alpha value is -2.96. The first-order valence-corrected chi connectivity index (χ1v) is 9.98. The molecule has 2 fully saturated rings. The van der Waals surface area contributed by atoms with Crippen LogP contribution < -0.4 is 10.1 Å². The summed E-state index contributed by atoms with van der Waals surface area (Å²) in [4.78, 5) is 31.0. The molecule has 1 aliphatic carbocycles. The first kappa shape index (κ1) is 19.4. The van der Waals surface area contributed by atoms with E-state index in [0.29, 0.717) is 12.3 Å². The van der Waals surface area contributed by atoms with Gasteiger partial charge in [0.05, 0.1) is 5.54 Å². The molecule has 1 atom stereocenters. The molecule has 1 aliphatic heterocycles. The van der Waals surface area contributed by atoms with Gasteiger partial charge in [0.25, 0.3) is 5.91 Å². The number of nitrogens with zero attached hydrogens (tertiary/aromatic N) is 2. The number of likely N-dealkylation sites (tertiary alicyclic amines) is 1. The summed E-state index contributed by atoms with van der Waals surface area (Å²) in [5, 5.41) is 2.87. The number of hydrogen-bond acceptors (Lipinski definition) is 4. The normalized spacial score (nSPS) is 20.2. The minimum absolute atomic E-state index is 0.0210. The van der Waals surface area contributed by atoms with Crippen LogP contribution in [0.2, 0.25) is 0 Å². The number of hydrogen-bond donors (Lipinski definition) is 1. The molecule has 0 radical (unpaired) electrons. The van der Waals surface area contributed by atoms with E-state index in [1.54, 1.807) is 17.3 Å². The van der Waals surface area contributed by atoms with E-state index < -0.39 is 11.6 Å². The third-order valence-electron chi connectivity index (χ3n) is 5.84. The molecule has 152 valence electrons. The minimum Gasteiger partial charge on any atom is -0.478 e. The number of benzene rings is 1. The molecule has 2 aromatic rings. The molecule has 2 amide bonds. The molecule has 1 N–H and O–H groups in total. The third-order valence-corrected chi connectivity index (χ3v) is 5.84. The van der Waals surface area contributed by atoms with E-state index >= 15 is 0 Å². The zero-order valence-electron chi connectivity index (χ0n) is 16.1. The quantitative estimate of drug-likeness (QED) is 0.761. The molecule has 2 heterocycles. The fourth-order valence-electron chi connectivity index (χ4n) is 4.31. The van der Waals surface area contributed by atoms with Crippen molar-refractivity contribution in [1.29, 1.82) is 0 Å². The van der Waals surface area contributed by atoms with Gasteiger partial charge in [0.15, 0.2) is 6.10 Å². The summed E-state index contributed by atoms with van der Waals surface area (Å²) in [6.07, 6.45) is 7.44. The predicted octanol–water partition coefficient (Wildman–Crippen LogP) is 2.83. The van der Waals surface area contributed by atoms with Crippen LogP contribution in [0.5, 0.6) is 5.75 Å². The lowest BCUT2D eigenvalue weighted by Gasteiger charge is -2.58. The highest BCUT2D eigenvalue weighted by atomic mass is 19.1. The summed E-state index contributed by atoms with van der Waals surface area (Å²) < 4.78 is 19.1. The summed E-state index contributed by atoms with van der Waals surface area (Å²) in [6.45, 7) is 0.416. The molecule has 4 rings (SSSR count). The second-order valence-electron chi connectivity index (χ2n) is 7.67. The second-order valence-corrected chi connectivity index (χ2v) is 7.67. The van der Waals surface area contributed by atoms with E-state index in [2.05, 4.69) is 10.3 Å². The first-order chi connectivity index (χ1) is 14.1. The number of ether oxygens (including phenoxy) is 1. The molecule has 1 saturated heterocycles. The summed E-state index contributed by atoms with van der Waals surface area (Å²) in [5.41, 5.74) is 0.491. The van der Waals surface area contributed by atoms with E-state index in [0.717, 1.165) is 37.7 Å². The Morgan fingerprint density at radius 3 is 2.52 bits per heavy atom. The molecule has 0 bridgehead atoms. The van der Waals surface area contributed by atoms with Crippen LogP contribution in [-0.4, -0.2) is 39.9 Å². The summed E-state index contributed by atoms with van der Waals surface area (Å²) >= 11 is 0. The average molecular weight is 397 g/mol. The summed E-state index contributed by atoms with van der Waals surface area (Å²) in [6, 6.07) is 9.37. The smallest absolute Gasteiger partial charge is 0.267 e. The van der Waals surface area contributed by atoms with Gasteiger partial charge >= 0.3 is 0 Å². The molecule has 2 aliphatic rings. The highest BCUT2D eigenvalue weighted by molar-refractivity contribution is 5.94. The van der Waals surface area contributed by atoms with Gasteiger partial charge in [-0.05, 0) is 54.8 Å². The van der Waals surface area contributed by atoms with Crippen LogP contribution in [-0.2, 0) is 16.1 Å². The van der Waals surface area contributed by atoms with Gasteiger partial charge in [0.1, 0.15) is 18.1 Å². The maximum absolute atomic E-state index is 13.2. The van der Waals surface area contributed by atoms with E-state index in [1.165, 1.54) is 24.3 Å². The fourth-order valence-corrected chi connectivity index (χ4v) is 4.31. The van der Waals surface area contributed by atoms with Crippen LogP contribution in [0, 0.1) is 5.82 Å². The van der Waals surface area contributed by atoms with Crippen molar-refractivity contribution < 1.29 is 18.7 Å². The van der Waals surface area contributed by atoms with Gasteiger partial charge < -0.3 is 15.0 Å². The highest BCUT2D eigenvalue weighted by Crippen LogP contribution is 2.45. The van der Waals surface area contributed by atoms with Crippen molar-refractivity contribution in [3.8, 4) is 5.75 Å². The summed E-state index contributed by atoms with van der Waals surface area (Å²) in [7, 11) is 0. The van der Waals surface area contributed by atoms with Gasteiger partial charge in [-0.2, -0.15) is 0 Å². The van der Waals surface area contributed by atoms with Crippen LogP contribution in [0.4, 0.5) is 4.39 Å². The molecule has 6 nitrogen and oxygen atoms in total. The maximum atomic E-state index is 13.2. The fraction of sp³-hybridized carbons (Fsp3) is 0.409. The van der Waals surface area contributed by atoms with Gasteiger partial charge in [-0.3, -0.25) is 14.6 Å². The van der Waals surface area contributed by atoms with Gasteiger partial charge in [-0.15, -0.1) is 0 Å². The Kier molecular flexibility index (Phi) is 5.47. The van der Waals surface area contributed by atoms with Crippen molar-refractivity contribution >= 4 is 11.8 Å². The van der Waals surface area contributed by atoms with Crippen molar-refractivity contribution in [3.05, 3.63) is 60.2 Å². The molecule has 1 aromatic carbocycles. The van der Waals surface area contributed by atoms with Crippen molar-refractivity contribution in [3.63, 3.8) is 0 Å². The number of amides is 2. The zero-order chi connectivity index (χ0) is 20.3. The van der Waals surface area contributed by atoms with E-state index in [9.17, 15) is 14.0 Å². The second kappa shape index (κ2) is 8.19. The number of halogens is 1. The Morgan fingerprint density at radius 2 is 1.83 bits per heavy atom. The zero-order valence-corrected chi connectivity index (χ0v) is 16.1. The molecular formula is C22H24FN3O3. The third kappa shape index (κ3) is 3.95. The first-order valence-electron chi connectivity index (χ1n) is 9.98.